The average molecular weight is 498 g/mol. The van der Waals surface area contributed by atoms with E-state index in [2.05, 4.69) is 126 Å². The van der Waals surface area contributed by atoms with Crippen LogP contribution in [0.25, 0.3) is 49.6 Å². The Balaban J connectivity index is 1.14. The Morgan fingerprint density at radius 2 is 1.18 bits per heavy atom. The van der Waals surface area contributed by atoms with Crippen LogP contribution < -0.4 is 0 Å². The van der Waals surface area contributed by atoms with Gasteiger partial charge in [-0.2, -0.15) is 0 Å². The lowest BCUT2D eigenvalue weighted by Gasteiger charge is -2.23. The van der Waals surface area contributed by atoms with Crippen LogP contribution in [-0.4, -0.2) is 4.57 Å². The molecule has 1 atom stereocenters. The number of aromatic nitrogens is 1. The molecule has 3 aliphatic rings. The highest BCUT2D eigenvalue weighted by atomic mass is 15.0. The number of allylic oxidation sites excluding steroid dienone is 4. The molecular formula is C38H27N. The summed E-state index contributed by atoms with van der Waals surface area (Å²) in [5.41, 5.74) is 17.1. The van der Waals surface area contributed by atoms with E-state index in [0.29, 0.717) is 6.04 Å². The van der Waals surface area contributed by atoms with Gasteiger partial charge in [0, 0.05) is 21.8 Å². The number of hydrogen-bond donors (Lipinski definition) is 0. The van der Waals surface area contributed by atoms with Gasteiger partial charge in [0.15, 0.2) is 0 Å². The second-order valence-electron chi connectivity index (χ2n) is 11.2. The Morgan fingerprint density at radius 1 is 0.538 bits per heavy atom. The van der Waals surface area contributed by atoms with E-state index in [1.807, 2.05) is 0 Å². The van der Waals surface area contributed by atoms with Crippen LogP contribution >= 0.6 is 0 Å². The molecule has 0 saturated heterocycles. The Kier molecular flexibility index (Phi) is 4.34. The molecule has 0 spiro atoms. The fourth-order valence-corrected chi connectivity index (χ4v) is 7.60. The maximum atomic E-state index is 2.57. The lowest BCUT2D eigenvalue weighted by molar-refractivity contribution is 0.627. The summed E-state index contributed by atoms with van der Waals surface area (Å²) in [6.45, 7) is 0. The van der Waals surface area contributed by atoms with Crippen molar-refractivity contribution in [3.05, 3.63) is 149 Å². The standard InChI is InChI=1S/C38H27N/c1-2-11-29-24(9-1)21-25-10-7-16-34(38(25)29)31-15-8-14-30-28-20-19-27(22-26(28)23-35(30)31)39-36-17-5-3-12-32(36)33-13-4-6-18-37(33)39/h1-20,27H,21-23H2. The Bertz CT molecular complexity index is 1990. The fraction of sp³-hybridized carbons (Fsp3) is 0.105. The normalized spacial score (nSPS) is 17.0. The first-order valence-corrected chi connectivity index (χ1v) is 14.1. The molecule has 184 valence electrons. The molecule has 0 saturated carbocycles. The minimum atomic E-state index is 0.319. The Morgan fingerprint density at radius 3 is 2.03 bits per heavy atom. The van der Waals surface area contributed by atoms with Crippen molar-refractivity contribution in [2.75, 3.05) is 0 Å². The molecule has 0 radical (unpaired) electrons. The molecule has 1 aromatic heterocycles. The van der Waals surface area contributed by atoms with Crippen molar-refractivity contribution in [2.24, 2.45) is 0 Å². The first kappa shape index (κ1) is 21.3. The molecule has 0 N–H and O–H groups in total. The van der Waals surface area contributed by atoms with Gasteiger partial charge in [-0.05, 0) is 81.5 Å². The molecular weight excluding hydrogens is 470 g/mol. The van der Waals surface area contributed by atoms with Gasteiger partial charge in [0.1, 0.15) is 0 Å². The van der Waals surface area contributed by atoms with E-state index >= 15 is 0 Å². The largest absolute Gasteiger partial charge is 0.333 e. The molecule has 9 rings (SSSR count). The molecule has 1 heteroatoms. The summed E-state index contributed by atoms with van der Waals surface area (Å²) in [5, 5.41) is 2.69. The predicted octanol–water partition coefficient (Wildman–Crippen LogP) is 9.54. The van der Waals surface area contributed by atoms with Crippen molar-refractivity contribution in [1.29, 1.82) is 0 Å². The Hall–Kier alpha value is -4.62. The quantitative estimate of drug-likeness (QED) is 0.224. The highest BCUT2D eigenvalue weighted by molar-refractivity contribution is 6.08. The van der Waals surface area contributed by atoms with Crippen molar-refractivity contribution in [1.82, 2.24) is 4.57 Å². The number of fused-ring (bicyclic) bond motifs is 8. The van der Waals surface area contributed by atoms with Crippen molar-refractivity contribution >= 4 is 27.4 Å². The van der Waals surface area contributed by atoms with Crippen molar-refractivity contribution < 1.29 is 0 Å². The molecule has 3 aliphatic carbocycles. The summed E-state index contributed by atoms with van der Waals surface area (Å²) in [6.07, 6.45) is 7.97. The molecule has 39 heavy (non-hydrogen) atoms. The molecule has 0 fully saturated rings. The summed E-state index contributed by atoms with van der Waals surface area (Å²) in [6, 6.07) is 40.8. The van der Waals surface area contributed by atoms with Crippen molar-refractivity contribution in [3.63, 3.8) is 0 Å². The van der Waals surface area contributed by atoms with Crippen LogP contribution in [0.1, 0.15) is 34.7 Å². The minimum Gasteiger partial charge on any atom is -0.333 e. The van der Waals surface area contributed by atoms with E-state index in [9.17, 15) is 0 Å². The van der Waals surface area contributed by atoms with Crippen LogP contribution in [0, 0.1) is 0 Å². The van der Waals surface area contributed by atoms with Crippen LogP contribution in [0.2, 0.25) is 0 Å². The van der Waals surface area contributed by atoms with Crippen LogP contribution in [0.15, 0.2) is 127 Å². The second kappa shape index (κ2) is 7.94. The van der Waals surface area contributed by atoms with Gasteiger partial charge < -0.3 is 4.57 Å². The van der Waals surface area contributed by atoms with E-state index in [1.165, 1.54) is 71.9 Å². The zero-order valence-electron chi connectivity index (χ0n) is 21.7. The summed E-state index contributed by atoms with van der Waals surface area (Å²) in [5.74, 6) is 0. The third kappa shape index (κ3) is 2.96. The maximum Gasteiger partial charge on any atom is 0.0563 e. The van der Waals surface area contributed by atoms with E-state index in [4.69, 9.17) is 0 Å². The molecule has 1 heterocycles. The topological polar surface area (TPSA) is 4.93 Å². The maximum absolute atomic E-state index is 2.57. The molecule has 0 amide bonds. The van der Waals surface area contributed by atoms with Gasteiger partial charge in [0.05, 0.1) is 6.04 Å². The van der Waals surface area contributed by atoms with Gasteiger partial charge in [-0.3, -0.25) is 0 Å². The summed E-state index contributed by atoms with van der Waals surface area (Å²) < 4.78 is 2.57. The van der Waals surface area contributed by atoms with Crippen LogP contribution in [0.3, 0.4) is 0 Å². The van der Waals surface area contributed by atoms with Gasteiger partial charge in [0.2, 0.25) is 0 Å². The number of hydrogen-bond acceptors (Lipinski definition) is 0. The van der Waals surface area contributed by atoms with Gasteiger partial charge in [0.25, 0.3) is 0 Å². The number of rotatable bonds is 2. The molecule has 5 aromatic carbocycles. The van der Waals surface area contributed by atoms with Gasteiger partial charge in [-0.15, -0.1) is 0 Å². The molecule has 1 unspecified atom stereocenters. The smallest absolute Gasteiger partial charge is 0.0563 e. The number of benzene rings is 5. The zero-order valence-corrected chi connectivity index (χ0v) is 21.7. The van der Waals surface area contributed by atoms with Crippen LogP contribution in [0.4, 0.5) is 0 Å². The van der Waals surface area contributed by atoms with Gasteiger partial charge >= 0.3 is 0 Å². The lowest BCUT2D eigenvalue weighted by atomic mass is 9.89. The molecule has 1 nitrogen and oxygen atoms in total. The van der Waals surface area contributed by atoms with E-state index < -0.39 is 0 Å². The zero-order chi connectivity index (χ0) is 25.5. The molecule has 6 aromatic rings. The number of para-hydroxylation sites is 2. The first-order valence-electron chi connectivity index (χ1n) is 14.1. The van der Waals surface area contributed by atoms with Crippen molar-refractivity contribution in [2.45, 2.75) is 25.3 Å². The first-order chi connectivity index (χ1) is 19.3. The molecule has 0 bridgehead atoms. The van der Waals surface area contributed by atoms with E-state index in [1.54, 1.807) is 5.57 Å². The van der Waals surface area contributed by atoms with E-state index in [-0.39, 0.29) is 0 Å². The predicted molar refractivity (Wildman–Crippen MR) is 163 cm³/mol. The number of nitrogens with zero attached hydrogens (tertiary/aromatic N) is 1. The summed E-state index contributed by atoms with van der Waals surface area (Å²) in [7, 11) is 0. The van der Waals surface area contributed by atoms with Crippen molar-refractivity contribution in [3.8, 4) is 22.3 Å². The third-order valence-electron chi connectivity index (χ3n) is 9.24. The summed E-state index contributed by atoms with van der Waals surface area (Å²) in [4.78, 5) is 0. The van der Waals surface area contributed by atoms with Gasteiger partial charge in [-0.1, -0.05) is 115 Å². The lowest BCUT2D eigenvalue weighted by Crippen LogP contribution is -2.10. The fourth-order valence-electron chi connectivity index (χ4n) is 7.60. The molecule has 0 aliphatic heterocycles. The van der Waals surface area contributed by atoms with Crippen LogP contribution in [-0.2, 0) is 12.8 Å². The van der Waals surface area contributed by atoms with Crippen LogP contribution in [0.5, 0.6) is 0 Å². The van der Waals surface area contributed by atoms with Gasteiger partial charge in [-0.25, -0.2) is 0 Å². The summed E-state index contributed by atoms with van der Waals surface area (Å²) >= 11 is 0. The van der Waals surface area contributed by atoms with E-state index in [0.717, 1.165) is 19.3 Å². The highest BCUT2D eigenvalue weighted by Crippen LogP contribution is 2.49. The second-order valence-corrected chi connectivity index (χ2v) is 11.2. The monoisotopic (exact) mass is 497 g/mol. The average Bonchev–Trinajstić information content (AvgIpc) is 3.66. The SMILES string of the molecule is C1=CC(n2c3ccccc3c3ccccc32)CC2=C1c1cccc(-c3cccc4c3-c3ccccc3C4)c1C2. The third-order valence-corrected chi connectivity index (χ3v) is 9.24. The highest BCUT2D eigenvalue weighted by Gasteiger charge is 2.30. The minimum absolute atomic E-state index is 0.319. The Labute approximate surface area is 228 Å².